The molecule has 17 heavy (non-hydrogen) atoms. The van der Waals surface area contributed by atoms with Crippen molar-refractivity contribution in [1.29, 1.82) is 0 Å². The van der Waals surface area contributed by atoms with Crippen LogP contribution in [0.25, 0.3) is 21.1 Å². The molecule has 3 aromatic rings. The fourth-order valence-corrected chi connectivity index (χ4v) is 3.41. The highest BCUT2D eigenvalue weighted by Crippen LogP contribution is 2.36. The second-order valence-electron chi connectivity index (χ2n) is 3.60. The van der Waals surface area contributed by atoms with Crippen molar-refractivity contribution in [1.82, 2.24) is 15.2 Å². The normalized spacial score (nSPS) is 10.9. The van der Waals surface area contributed by atoms with Gasteiger partial charge in [-0.3, -0.25) is 5.10 Å². The van der Waals surface area contributed by atoms with Crippen LogP contribution in [0.15, 0.2) is 23.7 Å². The second kappa shape index (κ2) is 3.97. The Bertz CT molecular complexity index is 636. The van der Waals surface area contributed by atoms with Crippen molar-refractivity contribution < 1.29 is 0 Å². The van der Waals surface area contributed by atoms with Crippen molar-refractivity contribution in [2.24, 2.45) is 0 Å². The van der Waals surface area contributed by atoms with Crippen LogP contribution in [0.2, 0.25) is 0 Å². The molecule has 3 N–H and O–H groups in total. The number of nitrogens with zero attached hydrogens (tertiary/aromatic N) is 2. The molecule has 0 aliphatic heterocycles. The summed E-state index contributed by atoms with van der Waals surface area (Å²) in [5, 5.41) is 9.62. The van der Waals surface area contributed by atoms with Crippen LogP contribution in [0.4, 0.5) is 5.82 Å². The molecule has 0 amide bonds. The summed E-state index contributed by atoms with van der Waals surface area (Å²) >= 11 is 3.33. The largest absolute Gasteiger partial charge is 0.383 e. The zero-order chi connectivity index (χ0) is 11.8. The van der Waals surface area contributed by atoms with Crippen LogP contribution >= 0.6 is 22.7 Å². The molecule has 0 saturated carbocycles. The highest BCUT2D eigenvalue weighted by Gasteiger charge is 2.14. The number of H-pyrrole nitrogens is 1. The van der Waals surface area contributed by atoms with Gasteiger partial charge in [-0.25, -0.2) is 4.98 Å². The number of nitrogen functional groups attached to an aromatic ring is 1. The van der Waals surface area contributed by atoms with Gasteiger partial charge in [0.15, 0.2) is 0 Å². The summed E-state index contributed by atoms with van der Waals surface area (Å²) in [4.78, 5) is 7.03. The van der Waals surface area contributed by atoms with Gasteiger partial charge in [-0.1, -0.05) is 6.07 Å². The Morgan fingerprint density at radius 2 is 2.29 bits per heavy atom. The van der Waals surface area contributed by atoms with E-state index in [0.29, 0.717) is 5.82 Å². The maximum absolute atomic E-state index is 5.80. The lowest BCUT2D eigenvalue weighted by molar-refractivity contribution is 1.10. The summed E-state index contributed by atoms with van der Waals surface area (Å²) in [6.07, 6.45) is 1.71. The number of aryl methyl sites for hydroxylation is 1. The fraction of sp³-hybridized carbons (Fsp3) is 0.0909. The lowest BCUT2D eigenvalue weighted by Gasteiger charge is -1.92. The first kappa shape index (κ1) is 10.5. The molecule has 0 fully saturated rings. The summed E-state index contributed by atoms with van der Waals surface area (Å²) in [6.45, 7) is 2.08. The van der Waals surface area contributed by atoms with Crippen LogP contribution in [0, 0.1) is 6.92 Å². The molecule has 0 atom stereocenters. The van der Waals surface area contributed by atoms with E-state index in [1.54, 1.807) is 28.9 Å². The first-order chi connectivity index (χ1) is 8.25. The molecule has 0 spiro atoms. The van der Waals surface area contributed by atoms with E-state index in [2.05, 4.69) is 33.6 Å². The van der Waals surface area contributed by atoms with Crippen LogP contribution in [0.3, 0.4) is 0 Å². The third kappa shape index (κ3) is 1.75. The van der Waals surface area contributed by atoms with E-state index in [0.717, 1.165) is 16.3 Å². The smallest absolute Gasteiger partial charge is 0.129 e. The molecular weight excluding hydrogens is 252 g/mol. The number of anilines is 1. The van der Waals surface area contributed by atoms with E-state index in [-0.39, 0.29) is 0 Å². The molecule has 4 nitrogen and oxygen atoms in total. The van der Waals surface area contributed by atoms with Crippen molar-refractivity contribution in [3.63, 3.8) is 0 Å². The molecule has 86 valence electrons. The summed E-state index contributed by atoms with van der Waals surface area (Å²) in [5.41, 5.74) is 7.72. The molecule has 0 bridgehead atoms. The Hall–Kier alpha value is -1.66. The Balaban J connectivity index is 2.11. The molecular formula is C11H10N4S2. The summed E-state index contributed by atoms with van der Waals surface area (Å²) in [6, 6.07) is 4.11. The molecule has 0 saturated heterocycles. The molecule has 6 heteroatoms. The van der Waals surface area contributed by atoms with E-state index in [1.807, 2.05) is 6.07 Å². The predicted octanol–water partition coefficient (Wildman–Crippen LogP) is 3.15. The van der Waals surface area contributed by atoms with Gasteiger partial charge < -0.3 is 5.73 Å². The number of hydrogen-bond donors (Lipinski definition) is 2. The topological polar surface area (TPSA) is 67.6 Å². The third-order valence-electron chi connectivity index (χ3n) is 2.45. The summed E-state index contributed by atoms with van der Waals surface area (Å²) < 4.78 is 0. The fourth-order valence-electron chi connectivity index (χ4n) is 1.62. The number of aromatic amines is 1. The number of rotatable bonds is 2. The van der Waals surface area contributed by atoms with Gasteiger partial charge in [-0.2, -0.15) is 5.10 Å². The quantitative estimate of drug-likeness (QED) is 0.745. The minimum absolute atomic E-state index is 0.566. The van der Waals surface area contributed by atoms with E-state index in [9.17, 15) is 0 Å². The third-order valence-corrected chi connectivity index (χ3v) is 4.33. The maximum atomic E-state index is 5.80. The minimum atomic E-state index is 0.566. The first-order valence-electron chi connectivity index (χ1n) is 5.06. The van der Waals surface area contributed by atoms with Gasteiger partial charge in [0.2, 0.25) is 0 Å². The number of thiophene rings is 1. The van der Waals surface area contributed by atoms with Crippen molar-refractivity contribution >= 4 is 28.5 Å². The van der Waals surface area contributed by atoms with Crippen molar-refractivity contribution in [3.05, 3.63) is 28.6 Å². The van der Waals surface area contributed by atoms with Gasteiger partial charge in [0.25, 0.3) is 0 Å². The molecule has 0 aliphatic rings. The van der Waals surface area contributed by atoms with Gasteiger partial charge >= 0.3 is 0 Å². The molecule has 0 unspecified atom stereocenters. The highest BCUT2D eigenvalue weighted by atomic mass is 32.1. The van der Waals surface area contributed by atoms with Crippen LogP contribution in [0.1, 0.15) is 4.88 Å². The van der Waals surface area contributed by atoms with Gasteiger partial charge in [0.05, 0.1) is 22.3 Å². The molecule has 0 radical (unpaired) electrons. The van der Waals surface area contributed by atoms with Crippen LogP contribution in [-0.2, 0) is 0 Å². The Morgan fingerprint density at radius 3 is 2.94 bits per heavy atom. The van der Waals surface area contributed by atoms with Gasteiger partial charge in [0.1, 0.15) is 10.8 Å². The minimum Gasteiger partial charge on any atom is -0.383 e. The average Bonchev–Trinajstić information content (AvgIpc) is 2.97. The van der Waals surface area contributed by atoms with Gasteiger partial charge in [-0.05, 0) is 18.4 Å². The number of hydrogen-bond acceptors (Lipinski definition) is 5. The number of aromatic nitrogens is 3. The Morgan fingerprint density at radius 1 is 1.41 bits per heavy atom. The molecule has 0 aromatic carbocycles. The monoisotopic (exact) mass is 262 g/mol. The number of nitrogens with two attached hydrogens (primary N) is 1. The van der Waals surface area contributed by atoms with Crippen LogP contribution < -0.4 is 5.73 Å². The van der Waals surface area contributed by atoms with Crippen molar-refractivity contribution in [2.75, 3.05) is 5.73 Å². The van der Waals surface area contributed by atoms with E-state index >= 15 is 0 Å². The Labute approximate surface area is 106 Å². The van der Waals surface area contributed by atoms with E-state index < -0.39 is 0 Å². The van der Waals surface area contributed by atoms with Gasteiger partial charge in [0, 0.05) is 4.88 Å². The van der Waals surface area contributed by atoms with E-state index in [1.165, 1.54) is 9.75 Å². The average molecular weight is 262 g/mol. The summed E-state index contributed by atoms with van der Waals surface area (Å²) in [5.74, 6) is 0.566. The molecule has 3 heterocycles. The predicted molar refractivity (Wildman–Crippen MR) is 72.2 cm³/mol. The van der Waals surface area contributed by atoms with Crippen LogP contribution in [-0.4, -0.2) is 15.2 Å². The second-order valence-corrected chi connectivity index (χ2v) is 5.75. The number of thiazole rings is 1. The van der Waals surface area contributed by atoms with Crippen molar-refractivity contribution in [2.45, 2.75) is 6.92 Å². The molecule has 3 rings (SSSR count). The summed E-state index contributed by atoms with van der Waals surface area (Å²) in [7, 11) is 0. The molecule has 0 aliphatic carbocycles. The standard InChI is InChI=1S/C11H10N4S2/c1-6-9(8-3-2-4-16-8)14-11(17-6)7-5-13-15-10(7)12/h2-5H,1H3,(H3,12,13,15). The van der Waals surface area contributed by atoms with E-state index in [4.69, 9.17) is 5.73 Å². The SMILES string of the molecule is Cc1sc(-c2cn[nH]c2N)nc1-c1cccs1. The zero-order valence-electron chi connectivity index (χ0n) is 9.10. The maximum Gasteiger partial charge on any atom is 0.129 e. The van der Waals surface area contributed by atoms with Crippen LogP contribution in [0.5, 0.6) is 0 Å². The Kier molecular flexibility index (Phi) is 2.45. The first-order valence-corrected chi connectivity index (χ1v) is 6.76. The highest BCUT2D eigenvalue weighted by molar-refractivity contribution is 7.17. The van der Waals surface area contributed by atoms with Gasteiger partial charge in [-0.15, -0.1) is 22.7 Å². The lowest BCUT2D eigenvalue weighted by atomic mass is 10.3. The molecule has 3 aromatic heterocycles. The van der Waals surface area contributed by atoms with Crippen molar-refractivity contribution in [3.8, 4) is 21.1 Å². The lowest BCUT2D eigenvalue weighted by Crippen LogP contribution is -1.87. The number of nitrogens with one attached hydrogen (secondary N) is 1. The zero-order valence-corrected chi connectivity index (χ0v) is 10.7.